The second kappa shape index (κ2) is 6.22. The van der Waals surface area contributed by atoms with Crippen LogP contribution in [0, 0.1) is 0 Å². The summed E-state index contributed by atoms with van der Waals surface area (Å²) in [6.07, 6.45) is 2.72. The highest BCUT2D eigenvalue weighted by atomic mass is 16.5. The van der Waals surface area contributed by atoms with Gasteiger partial charge in [-0.1, -0.05) is 13.3 Å². The number of hydrogen-bond donors (Lipinski definition) is 1. The van der Waals surface area contributed by atoms with Crippen LogP contribution in [-0.4, -0.2) is 23.7 Å². The Morgan fingerprint density at radius 2 is 2.08 bits per heavy atom. The first-order chi connectivity index (χ1) is 6.07. The maximum Gasteiger partial charge on any atom is 0.331 e. The number of carbonyl (C=O) groups is 2. The van der Waals surface area contributed by atoms with Gasteiger partial charge in [0.15, 0.2) is 0 Å². The minimum atomic E-state index is -1.10. The lowest BCUT2D eigenvalue weighted by atomic mass is 10.3. The Bertz CT molecular complexity index is 218. The van der Waals surface area contributed by atoms with Crippen LogP contribution in [0.2, 0.25) is 0 Å². The van der Waals surface area contributed by atoms with E-state index in [0.29, 0.717) is 6.61 Å². The van der Waals surface area contributed by atoms with E-state index in [9.17, 15) is 9.59 Å². The molecule has 0 atom stereocenters. The molecule has 0 heterocycles. The third-order valence-electron chi connectivity index (χ3n) is 1.41. The van der Waals surface area contributed by atoms with Crippen molar-refractivity contribution in [2.45, 2.75) is 26.7 Å². The highest BCUT2D eigenvalue weighted by molar-refractivity contribution is 5.94. The number of carboxylic acid groups (broad SMARTS) is 1. The smallest absolute Gasteiger partial charge is 0.331 e. The van der Waals surface area contributed by atoms with Crippen LogP contribution < -0.4 is 0 Å². The van der Waals surface area contributed by atoms with E-state index in [1.54, 1.807) is 0 Å². The van der Waals surface area contributed by atoms with Crippen LogP contribution in [-0.2, 0) is 14.3 Å². The van der Waals surface area contributed by atoms with Gasteiger partial charge in [-0.05, 0) is 13.3 Å². The average molecular weight is 186 g/mol. The number of carboxylic acids is 1. The Hall–Kier alpha value is -1.32. The maximum atomic E-state index is 10.9. The van der Waals surface area contributed by atoms with E-state index >= 15 is 0 Å². The molecule has 0 fully saturated rings. The molecule has 0 saturated heterocycles. The molecule has 74 valence electrons. The Kier molecular flexibility index (Phi) is 5.59. The molecule has 1 N–H and O–H groups in total. The molecule has 0 aliphatic heterocycles. The molecule has 0 aliphatic carbocycles. The molecule has 13 heavy (non-hydrogen) atoms. The van der Waals surface area contributed by atoms with Gasteiger partial charge >= 0.3 is 11.9 Å². The highest BCUT2D eigenvalue weighted by Gasteiger charge is 2.04. The van der Waals surface area contributed by atoms with Crippen LogP contribution in [0.3, 0.4) is 0 Å². The van der Waals surface area contributed by atoms with Crippen LogP contribution in [0.25, 0.3) is 0 Å². The van der Waals surface area contributed by atoms with Gasteiger partial charge in [0.25, 0.3) is 0 Å². The largest absolute Gasteiger partial charge is 0.478 e. The zero-order valence-electron chi connectivity index (χ0n) is 7.87. The summed E-state index contributed by atoms with van der Waals surface area (Å²) in [7, 11) is 0. The monoisotopic (exact) mass is 186 g/mol. The number of unbranched alkanes of at least 4 members (excludes halogenated alkanes) is 1. The molecule has 4 nitrogen and oxygen atoms in total. The summed E-state index contributed by atoms with van der Waals surface area (Å²) >= 11 is 0. The number of esters is 1. The van der Waals surface area contributed by atoms with Crippen molar-refractivity contribution in [1.29, 1.82) is 0 Å². The zero-order chi connectivity index (χ0) is 10.3. The Labute approximate surface area is 77.2 Å². The lowest BCUT2D eigenvalue weighted by Gasteiger charge is -1.99. The van der Waals surface area contributed by atoms with E-state index in [0.717, 1.165) is 18.9 Å². The molecule has 0 bridgehead atoms. The van der Waals surface area contributed by atoms with E-state index < -0.39 is 11.9 Å². The second-order valence-corrected chi connectivity index (χ2v) is 2.65. The molecule has 0 saturated carbocycles. The van der Waals surface area contributed by atoms with Gasteiger partial charge in [0.2, 0.25) is 0 Å². The molecule has 0 aromatic rings. The molecule has 0 rings (SSSR count). The molecule has 0 aromatic heterocycles. The third kappa shape index (κ3) is 5.90. The summed E-state index contributed by atoms with van der Waals surface area (Å²) in [4.78, 5) is 21.2. The minimum absolute atomic E-state index is 0.0125. The summed E-state index contributed by atoms with van der Waals surface area (Å²) in [5.74, 6) is -1.69. The number of aliphatic carboxylic acids is 1. The normalized spacial score (nSPS) is 11.1. The van der Waals surface area contributed by atoms with E-state index in [1.165, 1.54) is 6.92 Å². The predicted molar refractivity (Wildman–Crippen MR) is 47.3 cm³/mol. The lowest BCUT2D eigenvalue weighted by Crippen LogP contribution is -2.05. The fourth-order valence-corrected chi connectivity index (χ4v) is 0.597. The van der Waals surface area contributed by atoms with E-state index in [-0.39, 0.29) is 5.57 Å². The molecular weight excluding hydrogens is 172 g/mol. The summed E-state index contributed by atoms with van der Waals surface area (Å²) in [5.41, 5.74) is -0.0125. The van der Waals surface area contributed by atoms with Gasteiger partial charge in [0.1, 0.15) is 0 Å². The van der Waals surface area contributed by atoms with Gasteiger partial charge in [-0.15, -0.1) is 0 Å². The van der Waals surface area contributed by atoms with Gasteiger partial charge in [-0.25, -0.2) is 9.59 Å². The van der Waals surface area contributed by atoms with Crippen molar-refractivity contribution in [2.24, 2.45) is 0 Å². The fraction of sp³-hybridized carbons (Fsp3) is 0.556. The lowest BCUT2D eigenvalue weighted by molar-refractivity contribution is -0.139. The molecule has 0 radical (unpaired) electrons. The van der Waals surface area contributed by atoms with Gasteiger partial charge in [0, 0.05) is 11.6 Å². The topological polar surface area (TPSA) is 63.6 Å². The van der Waals surface area contributed by atoms with Crippen molar-refractivity contribution in [2.75, 3.05) is 6.61 Å². The van der Waals surface area contributed by atoms with Crippen molar-refractivity contribution < 1.29 is 19.4 Å². The van der Waals surface area contributed by atoms with Crippen LogP contribution >= 0.6 is 0 Å². The van der Waals surface area contributed by atoms with Crippen LogP contribution in [0.5, 0.6) is 0 Å². The Balaban J connectivity index is 3.86. The predicted octanol–water partition coefficient (Wildman–Crippen LogP) is 1.36. The number of ether oxygens (including phenoxy) is 1. The third-order valence-corrected chi connectivity index (χ3v) is 1.41. The summed E-state index contributed by atoms with van der Waals surface area (Å²) in [6, 6.07) is 0. The van der Waals surface area contributed by atoms with Crippen LogP contribution in [0.15, 0.2) is 11.6 Å². The molecule has 4 heteroatoms. The van der Waals surface area contributed by atoms with Crippen molar-refractivity contribution >= 4 is 11.9 Å². The standard InChI is InChI=1S/C9H14O4/c1-3-4-5-13-8(10)6-7(2)9(11)12/h6H,3-5H2,1-2H3,(H,11,12). The molecule has 0 aliphatic rings. The molecule has 0 spiro atoms. The first kappa shape index (κ1) is 11.7. The van der Waals surface area contributed by atoms with Crippen LogP contribution in [0.1, 0.15) is 26.7 Å². The van der Waals surface area contributed by atoms with Crippen molar-refractivity contribution in [3.63, 3.8) is 0 Å². The molecule has 0 unspecified atom stereocenters. The SMILES string of the molecule is CCCCOC(=O)C=C(C)C(=O)O. The highest BCUT2D eigenvalue weighted by Crippen LogP contribution is 1.95. The van der Waals surface area contributed by atoms with Gasteiger partial charge < -0.3 is 9.84 Å². The first-order valence-corrected chi connectivity index (χ1v) is 4.16. The number of hydrogen-bond acceptors (Lipinski definition) is 3. The van der Waals surface area contributed by atoms with Gasteiger partial charge in [-0.2, -0.15) is 0 Å². The zero-order valence-corrected chi connectivity index (χ0v) is 7.87. The number of carbonyl (C=O) groups excluding carboxylic acids is 1. The second-order valence-electron chi connectivity index (χ2n) is 2.65. The van der Waals surface area contributed by atoms with Crippen LogP contribution in [0.4, 0.5) is 0 Å². The fourth-order valence-electron chi connectivity index (χ4n) is 0.597. The summed E-state index contributed by atoms with van der Waals surface area (Å²) in [5, 5.41) is 8.43. The number of rotatable bonds is 5. The minimum Gasteiger partial charge on any atom is -0.478 e. The Morgan fingerprint density at radius 3 is 2.54 bits per heavy atom. The molecule has 0 amide bonds. The van der Waals surface area contributed by atoms with Crippen molar-refractivity contribution in [3.8, 4) is 0 Å². The molecular formula is C9H14O4. The van der Waals surface area contributed by atoms with Gasteiger partial charge in [0.05, 0.1) is 6.61 Å². The van der Waals surface area contributed by atoms with Crippen molar-refractivity contribution in [1.82, 2.24) is 0 Å². The maximum absolute atomic E-state index is 10.9. The average Bonchev–Trinajstić information content (AvgIpc) is 2.04. The van der Waals surface area contributed by atoms with E-state index in [4.69, 9.17) is 9.84 Å². The van der Waals surface area contributed by atoms with E-state index in [2.05, 4.69) is 0 Å². The first-order valence-electron chi connectivity index (χ1n) is 4.16. The summed E-state index contributed by atoms with van der Waals surface area (Å²) < 4.78 is 4.72. The Morgan fingerprint density at radius 1 is 1.46 bits per heavy atom. The van der Waals surface area contributed by atoms with E-state index in [1.807, 2.05) is 6.92 Å². The quantitative estimate of drug-likeness (QED) is 0.400. The molecule has 0 aromatic carbocycles. The van der Waals surface area contributed by atoms with Crippen molar-refractivity contribution in [3.05, 3.63) is 11.6 Å². The van der Waals surface area contributed by atoms with Gasteiger partial charge in [-0.3, -0.25) is 0 Å². The summed E-state index contributed by atoms with van der Waals surface area (Å²) in [6.45, 7) is 3.67.